The van der Waals surface area contributed by atoms with Gasteiger partial charge in [0, 0.05) is 16.1 Å². The van der Waals surface area contributed by atoms with E-state index in [0.717, 1.165) is 23.4 Å². The molecule has 1 heterocycles. The van der Waals surface area contributed by atoms with Crippen LogP contribution in [0.5, 0.6) is 5.75 Å². The van der Waals surface area contributed by atoms with E-state index < -0.39 is 0 Å². The van der Waals surface area contributed by atoms with Gasteiger partial charge >= 0.3 is 0 Å². The lowest BCUT2D eigenvalue weighted by Crippen LogP contribution is -2.38. The quantitative estimate of drug-likeness (QED) is 0.408. The second-order valence-electron chi connectivity index (χ2n) is 7.99. The number of imide groups is 1. The van der Waals surface area contributed by atoms with Crippen LogP contribution in [0.2, 0.25) is 5.02 Å². The first-order valence-electron chi connectivity index (χ1n) is 10.2. The Bertz CT molecular complexity index is 1030. The Balaban J connectivity index is 1.35. The van der Waals surface area contributed by atoms with Crippen LogP contribution in [0, 0.1) is 23.7 Å². The highest BCUT2D eigenvalue weighted by Gasteiger charge is 2.56. The molecule has 0 unspecified atom stereocenters. The average Bonchev–Trinajstić information content (AvgIpc) is 3.05. The molecule has 3 aliphatic carbocycles. The molecule has 5 nitrogen and oxygen atoms in total. The number of para-hydroxylation sites is 1. The van der Waals surface area contributed by atoms with Gasteiger partial charge in [0.2, 0.25) is 0 Å². The summed E-state index contributed by atoms with van der Waals surface area (Å²) < 4.78 is 5.94. The maximum absolute atomic E-state index is 12.9. The number of hydrogen-bond donors (Lipinski definition) is 0. The van der Waals surface area contributed by atoms with Crippen LogP contribution < -0.4 is 4.74 Å². The number of ether oxygens (including phenoxy) is 1. The third-order valence-electron chi connectivity index (χ3n) is 6.31. The molecule has 0 radical (unpaired) electrons. The standard InChI is InChI=1S/C24H21ClN2O3/c25-19-7-3-1-6-18(19)14-30-20-8-4-2-5-17(20)13-26-27-23(28)21-15-9-10-16(12-11-15)22(21)24(27)29/h1-10,13,15-16,21-22H,11-12,14H2/b26-13-/t15-,16-,21+,22+/m0/s1. The fourth-order valence-corrected chi connectivity index (χ4v) is 4.97. The van der Waals surface area contributed by atoms with Crippen LogP contribution in [-0.2, 0) is 16.2 Å². The lowest BCUT2D eigenvalue weighted by Gasteiger charge is -2.37. The first-order valence-corrected chi connectivity index (χ1v) is 10.6. The Hall–Kier alpha value is -2.92. The smallest absolute Gasteiger partial charge is 0.254 e. The molecule has 1 saturated carbocycles. The SMILES string of the molecule is O=C1[C@H]2[C@H](C(=O)N1/N=C\c1ccccc1OCc1ccccc1Cl)[C@H]1C=C[C@H]2CC1. The first kappa shape index (κ1) is 19.1. The van der Waals surface area contributed by atoms with Gasteiger partial charge < -0.3 is 4.74 Å². The zero-order chi connectivity index (χ0) is 20.7. The molecule has 4 atom stereocenters. The highest BCUT2D eigenvalue weighted by Crippen LogP contribution is 2.49. The zero-order valence-corrected chi connectivity index (χ0v) is 17.0. The molecule has 0 N–H and O–H groups in total. The second-order valence-corrected chi connectivity index (χ2v) is 8.40. The number of nitrogens with zero attached hydrogens (tertiary/aromatic N) is 2. The van der Waals surface area contributed by atoms with E-state index in [1.165, 1.54) is 6.21 Å². The molecule has 6 heteroatoms. The number of rotatable bonds is 5. The van der Waals surface area contributed by atoms with E-state index in [0.29, 0.717) is 22.9 Å². The Morgan fingerprint density at radius 2 is 1.60 bits per heavy atom. The van der Waals surface area contributed by atoms with Gasteiger partial charge in [-0.1, -0.05) is 54.1 Å². The topological polar surface area (TPSA) is 59.0 Å². The maximum Gasteiger partial charge on any atom is 0.254 e. The van der Waals surface area contributed by atoms with Crippen molar-refractivity contribution in [2.24, 2.45) is 28.8 Å². The third kappa shape index (κ3) is 3.23. The van der Waals surface area contributed by atoms with E-state index >= 15 is 0 Å². The average molecular weight is 421 g/mol. The van der Waals surface area contributed by atoms with Crippen molar-refractivity contribution in [2.45, 2.75) is 19.4 Å². The van der Waals surface area contributed by atoms with Gasteiger partial charge in [0.05, 0.1) is 18.1 Å². The fourth-order valence-electron chi connectivity index (χ4n) is 4.78. The fraction of sp³-hybridized carbons (Fsp3) is 0.292. The number of allylic oxidation sites excluding steroid dienone is 2. The van der Waals surface area contributed by atoms with Crippen LogP contribution in [0.4, 0.5) is 0 Å². The minimum Gasteiger partial charge on any atom is -0.488 e. The summed E-state index contributed by atoms with van der Waals surface area (Å²) >= 11 is 6.21. The highest BCUT2D eigenvalue weighted by atomic mass is 35.5. The summed E-state index contributed by atoms with van der Waals surface area (Å²) in [6.45, 7) is 0.311. The Kier molecular flexibility index (Phi) is 4.91. The van der Waals surface area contributed by atoms with E-state index in [9.17, 15) is 9.59 Å². The molecule has 4 aliphatic rings. The molecule has 0 aromatic heterocycles. The van der Waals surface area contributed by atoms with Gasteiger partial charge in [-0.2, -0.15) is 10.1 Å². The van der Waals surface area contributed by atoms with Gasteiger partial charge in [0.15, 0.2) is 0 Å². The largest absolute Gasteiger partial charge is 0.488 e. The first-order chi connectivity index (χ1) is 14.6. The Labute approximate surface area is 180 Å². The molecular formula is C24H21ClN2O3. The van der Waals surface area contributed by atoms with Crippen molar-refractivity contribution in [1.29, 1.82) is 0 Å². The van der Waals surface area contributed by atoms with E-state index in [2.05, 4.69) is 17.3 Å². The molecule has 1 aliphatic heterocycles. The van der Waals surface area contributed by atoms with E-state index in [4.69, 9.17) is 16.3 Å². The zero-order valence-electron chi connectivity index (χ0n) is 16.3. The van der Waals surface area contributed by atoms with Crippen molar-refractivity contribution in [3.05, 3.63) is 76.8 Å². The molecule has 152 valence electrons. The number of halogens is 1. The molecule has 2 fully saturated rings. The molecule has 2 aromatic rings. The number of amides is 2. The summed E-state index contributed by atoms with van der Waals surface area (Å²) in [5.41, 5.74) is 1.57. The van der Waals surface area contributed by atoms with Gasteiger partial charge in [-0.05, 0) is 42.9 Å². The van der Waals surface area contributed by atoms with Crippen LogP contribution in [0.15, 0.2) is 65.8 Å². The van der Waals surface area contributed by atoms with Gasteiger partial charge in [0.25, 0.3) is 11.8 Å². The molecule has 2 aromatic carbocycles. The van der Waals surface area contributed by atoms with Crippen LogP contribution in [0.25, 0.3) is 0 Å². The minimum atomic E-state index is -0.259. The van der Waals surface area contributed by atoms with Gasteiger partial charge in [0.1, 0.15) is 12.4 Å². The molecule has 0 spiro atoms. The van der Waals surface area contributed by atoms with E-state index in [1.54, 1.807) is 0 Å². The Morgan fingerprint density at radius 3 is 2.27 bits per heavy atom. The maximum atomic E-state index is 12.9. The van der Waals surface area contributed by atoms with Gasteiger partial charge in [-0.15, -0.1) is 0 Å². The van der Waals surface area contributed by atoms with Gasteiger partial charge in [-0.3, -0.25) is 9.59 Å². The van der Waals surface area contributed by atoms with Crippen molar-refractivity contribution >= 4 is 29.6 Å². The highest BCUT2D eigenvalue weighted by molar-refractivity contribution is 6.31. The normalized spacial score (nSPS) is 27.2. The number of hydrazone groups is 1. The van der Waals surface area contributed by atoms with Gasteiger partial charge in [-0.25, -0.2) is 0 Å². The van der Waals surface area contributed by atoms with Crippen LogP contribution in [-0.4, -0.2) is 23.0 Å². The van der Waals surface area contributed by atoms with Crippen molar-refractivity contribution in [1.82, 2.24) is 5.01 Å². The van der Waals surface area contributed by atoms with Crippen molar-refractivity contribution in [2.75, 3.05) is 0 Å². The lowest BCUT2D eigenvalue weighted by atomic mass is 9.63. The monoisotopic (exact) mass is 420 g/mol. The molecule has 1 saturated heterocycles. The molecular weight excluding hydrogens is 400 g/mol. The lowest BCUT2D eigenvalue weighted by molar-refractivity contribution is -0.140. The summed E-state index contributed by atoms with van der Waals surface area (Å²) in [6, 6.07) is 14.9. The van der Waals surface area contributed by atoms with Crippen molar-refractivity contribution in [3.63, 3.8) is 0 Å². The van der Waals surface area contributed by atoms with Crippen LogP contribution >= 0.6 is 11.6 Å². The number of benzene rings is 2. The van der Waals surface area contributed by atoms with Crippen molar-refractivity contribution in [3.8, 4) is 5.75 Å². The summed E-state index contributed by atoms with van der Waals surface area (Å²) in [6.07, 6.45) is 7.68. The van der Waals surface area contributed by atoms with Crippen LogP contribution in [0.3, 0.4) is 0 Å². The third-order valence-corrected chi connectivity index (χ3v) is 6.68. The predicted octanol–water partition coefficient (Wildman–Crippen LogP) is 4.45. The molecule has 30 heavy (non-hydrogen) atoms. The molecule has 2 amide bonds. The second kappa shape index (κ2) is 7.73. The number of hydrogen-bond acceptors (Lipinski definition) is 4. The number of fused-ring (bicyclic) bond motifs is 1. The minimum absolute atomic E-state index is 0.155. The summed E-state index contributed by atoms with van der Waals surface area (Å²) in [5, 5.41) is 5.99. The van der Waals surface area contributed by atoms with Crippen LogP contribution in [0.1, 0.15) is 24.0 Å². The summed E-state index contributed by atoms with van der Waals surface area (Å²) in [7, 11) is 0. The Morgan fingerprint density at radius 1 is 0.967 bits per heavy atom. The summed E-state index contributed by atoms with van der Waals surface area (Å²) in [5.74, 6) is 0.0324. The van der Waals surface area contributed by atoms with Crippen molar-refractivity contribution < 1.29 is 14.3 Å². The molecule has 2 bridgehead atoms. The molecule has 6 rings (SSSR count). The number of carbonyl (C=O) groups is 2. The summed E-state index contributed by atoms with van der Waals surface area (Å²) in [4.78, 5) is 25.8. The van der Waals surface area contributed by atoms with E-state index in [1.807, 2.05) is 48.5 Å². The number of carbonyl (C=O) groups excluding carboxylic acids is 2. The van der Waals surface area contributed by atoms with E-state index in [-0.39, 0.29) is 35.5 Å². The predicted molar refractivity (Wildman–Crippen MR) is 114 cm³/mol.